The Morgan fingerprint density at radius 1 is 0.900 bits per heavy atom. The quantitative estimate of drug-likeness (QED) is 0.537. The Hall–Kier alpha value is -0.370. The average molecular weight is 482 g/mol. The van der Waals surface area contributed by atoms with E-state index in [1.165, 1.54) is 0 Å². The van der Waals surface area contributed by atoms with Gasteiger partial charge in [-0.3, -0.25) is 0 Å². The zero-order valence-corrected chi connectivity index (χ0v) is 15.8. The molecule has 0 unspecified atom stereocenters. The summed E-state index contributed by atoms with van der Waals surface area (Å²) in [5.41, 5.74) is 1.34. The van der Waals surface area contributed by atoms with E-state index < -0.39 is 9.84 Å². The van der Waals surface area contributed by atoms with Crippen LogP contribution in [0.3, 0.4) is 0 Å². The first-order valence-electron chi connectivity index (χ1n) is 5.60. The number of nitrogens with zero attached hydrogens (tertiary/aromatic N) is 1. The summed E-state index contributed by atoms with van der Waals surface area (Å²) >= 11 is 10.1. The fourth-order valence-corrected chi connectivity index (χ4v) is 5.31. The first-order chi connectivity index (χ1) is 9.32. The second-order valence-electron chi connectivity index (χ2n) is 4.41. The number of anilines is 2. The van der Waals surface area contributed by atoms with Crippen LogP contribution in [-0.4, -0.2) is 15.5 Å². The third-order valence-electron chi connectivity index (χ3n) is 3.23. The van der Waals surface area contributed by atoms with Gasteiger partial charge in [-0.1, -0.05) is 15.9 Å². The van der Waals surface area contributed by atoms with Crippen LogP contribution in [0.4, 0.5) is 11.4 Å². The second-order valence-corrected chi connectivity index (χ2v) is 8.92. The molecule has 20 heavy (non-hydrogen) atoms. The van der Waals surface area contributed by atoms with Crippen LogP contribution < -0.4 is 4.90 Å². The highest BCUT2D eigenvalue weighted by molar-refractivity contribution is 9.13. The fraction of sp³-hybridized carbons (Fsp3) is 0.0769. The molecule has 104 valence electrons. The molecule has 1 aliphatic rings. The van der Waals surface area contributed by atoms with Crippen LogP contribution in [0.15, 0.2) is 53.5 Å². The van der Waals surface area contributed by atoms with E-state index in [1.54, 1.807) is 18.2 Å². The molecule has 3 nitrogen and oxygen atoms in total. The van der Waals surface area contributed by atoms with E-state index in [0.717, 1.165) is 8.95 Å². The summed E-state index contributed by atoms with van der Waals surface area (Å²) in [5, 5.41) is 0. The molecule has 1 heterocycles. The van der Waals surface area contributed by atoms with E-state index in [4.69, 9.17) is 0 Å². The van der Waals surface area contributed by atoms with Crippen LogP contribution in [-0.2, 0) is 9.84 Å². The molecule has 0 bridgehead atoms. The first kappa shape index (κ1) is 14.6. The first-order valence-corrected chi connectivity index (χ1v) is 9.46. The maximum absolute atomic E-state index is 12.8. The molecule has 7 heteroatoms. The van der Waals surface area contributed by atoms with Crippen molar-refractivity contribution in [3.8, 4) is 0 Å². The van der Waals surface area contributed by atoms with Gasteiger partial charge in [0.25, 0.3) is 0 Å². The molecule has 0 aliphatic carbocycles. The van der Waals surface area contributed by atoms with Crippen molar-refractivity contribution < 1.29 is 8.42 Å². The van der Waals surface area contributed by atoms with Crippen molar-refractivity contribution in [1.82, 2.24) is 0 Å². The van der Waals surface area contributed by atoms with Gasteiger partial charge in [0.15, 0.2) is 0 Å². The number of rotatable bonds is 0. The molecule has 0 spiro atoms. The van der Waals surface area contributed by atoms with Crippen LogP contribution in [0.5, 0.6) is 0 Å². The third-order valence-corrected chi connectivity index (χ3v) is 7.37. The Labute approximate surface area is 142 Å². The van der Waals surface area contributed by atoms with Crippen molar-refractivity contribution in [2.75, 3.05) is 11.9 Å². The maximum atomic E-state index is 12.8. The molecular formula is C13H8Br3NO2S. The lowest BCUT2D eigenvalue weighted by Gasteiger charge is -2.30. The normalized spacial score (nSPS) is 15.7. The number of hydrogen-bond acceptors (Lipinski definition) is 3. The number of halogens is 3. The van der Waals surface area contributed by atoms with Crippen molar-refractivity contribution >= 4 is 69.0 Å². The van der Waals surface area contributed by atoms with Crippen LogP contribution in [0.25, 0.3) is 0 Å². The number of fused-ring (bicyclic) bond motifs is 2. The molecule has 1 aliphatic heterocycles. The molecular weight excluding hydrogens is 474 g/mol. The van der Waals surface area contributed by atoms with Gasteiger partial charge in [-0.25, -0.2) is 8.42 Å². The van der Waals surface area contributed by atoms with Crippen LogP contribution >= 0.6 is 47.8 Å². The predicted molar refractivity (Wildman–Crippen MR) is 89.5 cm³/mol. The third kappa shape index (κ3) is 2.06. The molecule has 0 atom stereocenters. The lowest BCUT2D eigenvalue weighted by atomic mass is 10.2. The Morgan fingerprint density at radius 3 is 2.20 bits per heavy atom. The fourth-order valence-electron chi connectivity index (χ4n) is 2.22. The van der Waals surface area contributed by atoms with Crippen molar-refractivity contribution in [3.63, 3.8) is 0 Å². The zero-order chi connectivity index (χ0) is 14.7. The van der Waals surface area contributed by atoms with Crippen LogP contribution in [0.2, 0.25) is 0 Å². The standard InChI is InChI=1S/C13H8Br3NO2S/c1-17-10-3-2-7(14)4-12(10)20(18,19)13-6-9(16)8(15)5-11(13)17/h2-6H,1H3. The minimum Gasteiger partial charge on any atom is -0.342 e. The molecule has 0 fully saturated rings. The molecule has 0 N–H and O–H groups in total. The topological polar surface area (TPSA) is 37.4 Å². The Kier molecular flexibility index (Phi) is 3.52. The van der Waals surface area contributed by atoms with Crippen molar-refractivity contribution in [2.45, 2.75) is 9.79 Å². The van der Waals surface area contributed by atoms with Gasteiger partial charge in [-0.05, 0) is 62.2 Å². The number of hydrogen-bond donors (Lipinski definition) is 0. The van der Waals surface area contributed by atoms with E-state index in [0.29, 0.717) is 25.6 Å². The molecule has 2 aromatic rings. The summed E-state index contributed by atoms with van der Waals surface area (Å²) in [7, 11) is -1.66. The second kappa shape index (κ2) is 4.83. The highest BCUT2D eigenvalue weighted by Gasteiger charge is 2.33. The van der Waals surface area contributed by atoms with Gasteiger partial charge >= 0.3 is 0 Å². The molecule has 3 rings (SSSR count). The summed E-state index contributed by atoms with van der Waals surface area (Å²) in [6.07, 6.45) is 0. The molecule has 0 radical (unpaired) electrons. The molecule has 0 saturated heterocycles. The van der Waals surface area contributed by atoms with E-state index in [9.17, 15) is 8.42 Å². The summed E-state index contributed by atoms with van der Waals surface area (Å²) < 4.78 is 27.8. The molecule has 2 aromatic carbocycles. The lowest BCUT2D eigenvalue weighted by Crippen LogP contribution is -2.22. The van der Waals surface area contributed by atoms with Crippen LogP contribution in [0, 0.1) is 0 Å². The van der Waals surface area contributed by atoms with Gasteiger partial charge < -0.3 is 4.90 Å². The minimum absolute atomic E-state index is 0.306. The Morgan fingerprint density at radius 2 is 1.50 bits per heavy atom. The summed E-state index contributed by atoms with van der Waals surface area (Å²) in [5.74, 6) is 0. The SMILES string of the molecule is CN1c2ccc(Br)cc2S(=O)(=O)c2cc(Br)c(Br)cc21. The molecule has 0 amide bonds. The lowest BCUT2D eigenvalue weighted by molar-refractivity contribution is 0.594. The number of benzene rings is 2. The predicted octanol–water partition coefficient (Wildman–Crippen LogP) is 4.89. The van der Waals surface area contributed by atoms with Gasteiger partial charge in [0.2, 0.25) is 9.84 Å². The number of sulfone groups is 1. The molecule has 0 saturated carbocycles. The maximum Gasteiger partial charge on any atom is 0.210 e. The summed E-state index contributed by atoms with van der Waals surface area (Å²) in [4.78, 5) is 2.51. The van der Waals surface area contributed by atoms with E-state index >= 15 is 0 Å². The zero-order valence-electron chi connectivity index (χ0n) is 10.2. The highest BCUT2D eigenvalue weighted by atomic mass is 79.9. The molecule has 0 aromatic heterocycles. The average Bonchev–Trinajstić information content (AvgIpc) is 2.39. The van der Waals surface area contributed by atoms with Crippen molar-refractivity contribution in [2.24, 2.45) is 0 Å². The van der Waals surface area contributed by atoms with Gasteiger partial charge in [-0.2, -0.15) is 0 Å². The van der Waals surface area contributed by atoms with Gasteiger partial charge in [0.1, 0.15) is 0 Å². The van der Waals surface area contributed by atoms with Gasteiger partial charge in [-0.15, -0.1) is 0 Å². The summed E-state index contributed by atoms with van der Waals surface area (Å²) in [6, 6.07) is 8.72. The van der Waals surface area contributed by atoms with E-state index in [1.807, 2.05) is 24.1 Å². The van der Waals surface area contributed by atoms with Gasteiger partial charge in [0.05, 0.1) is 21.2 Å². The Bertz CT molecular complexity index is 834. The largest absolute Gasteiger partial charge is 0.342 e. The minimum atomic E-state index is -3.52. The van der Waals surface area contributed by atoms with Crippen molar-refractivity contribution in [3.05, 3.63) is 43.7 Å². The monoisotopic (exact) mass is 479 g/mol. The van der Waals surface area contributed by atoms with E-state index in [2.05, 4.69) is 47.8 Å². The van der Waals surface area contributed by atoms with Gasteiger partial charge in [0, 0.05) is 20.5 Å². The van der Waals surface area contributed by atoms with E-state index in [-0.39, 0.29) is 0 Å². The summed E-state index contributed by atoms with van der Waals surface area (Å²) in [6.45, 7) is 0. The van der Waals surface area contributed by atoms with Crippen LogP contribution in [0.1, 0.15) is 0 Å². The van der Waals surface area contributed by atoms with Crippen molar-refractivity contribution in [1.29, 1.82) is 0 Å². The smallest absolute Gasteiger partial charge is 0.210 e. The highest BCUT2D eigenvalue weighted by Crippen LogP contribution is 2.46. The Balaban J connectivity index is 2.41.